The van der Waals surface area contributed by atoms with Gasteiger partial charge in [-0.1, -0.05) is 27.5 Å². The monoisotopic (exact) mass is 371 g/mol. The maximum Gasteiger partial charge on any atom is 0.133 e. The van der Waals surface area contributed by atoms with Crippen LogP contribution in [0.4, 0.5) is 0 Å². The van der Waals surface area contributed by atoms with Crippen molar-refractivity contribution in [1.29, 1.82) is 0 Å². The first-order valence-electron chi connectivity index (χ1n) is 6.71. The van der Waals surface area contributed by atoms with Crippen LogP contribution in [0.15, 0.2) is 22.7 Å². The molecule has 1 unspecified atom stereocenters. The van der Waals surface area contributed by atoms with E-state index >= 15 is 0 Å². The lowest BCUT2D eigenvalue weighted by molar-refractivity contribution is 0.299. The molecule has 2 rings (SSSR count). The van der Waals surface area contributed by atoms with Gasteiger partial charge in [-0.05, 0) is 39.1 Å². The smallest absolute Gasteiger partial charge is 0.133 e. The standard InChI is InChI=1S/C15H19BrClN3O/c1-9(18-3)12-7-11(16)5-6-14(12)21-8-13-10(2)19-20(4)15(13)17/h5-7,9,18H,8H2,1-4H3. The van der Waals surface area contributed by atoms with Crippen molar-refractivity contribution in [2.45, 2.75) is 26.5 Å². The molecule has 0 fully saturated rings. The summed E-state index contributed by atoms with van der Waals surface area (Å²) in [5, 5.41) is 8.14. The molecule has 0 radical (unpaired) electrons. The first kappa shape index (κ1) is 16.3. The van der Waals surface area contributed by atoms with Gasteiger partial charge in [-0.3, -0.25) is 4.68 Å². The molecular weight excluding hydrogens is 354 g/mol. The van der Waals surface area contributed by atoms with Crippen LogP contribution in [0.2, 0.25) is 5.15 Å². The lowest BCUT2D eigenvalue weighted by Gasteiger charge is -2.17. The first-order valence-corrected chi connectivity index (χ1v) is 7.88. The van der Waals surface area contributed by atoms with Gasteiger partial charge in [0.1, 0.15) is 17.5 Å². The molecule has 21 heavy (non-hydrogen) atoms. The normalized spacial score (nSPS) is 12.5. The van der Waals surface area contributed by atoms with Crippen molar-refractivity contribution in [3.8, 4) is 5.75 Å². The van der Waals surface area contributed by atoms with Crippen LogP contribution in [0, 0.1) is 6.92 Å². The number of nitrogens with one attached hydrogen (secondary N) is 1. The molecule has 1 heterocycles. The molecule has 6 heteroatoms. The van der Waals surface area contributed by atoms with Crippen LogP contribution in [0.25, 0.3) is 0 Å². The van der Waals surface area contributed by atoms with Gasteiger partial charge in [0, 0.05) is 28.7 Å². The summed E-state index contributed by atoms with van der Waals surface area (Å²) in [6.45, 7) is 4.43. The summed E-state index contributed by atoms with van der Waals surface area (Å²) in [4.78, 5) is 0. The summed E-state index contributed by atoms with van der Waals surface area (Å²) in [5.74, 6) is 0.847. The van der Waals surface area contributed by atoms with E-state index in [2.05, 4.69) is 39.3 Å². The predicted molar refractivity (Wildman–Crippen MR) is 88.9 cm³/mol. The topological polar surface area (TPSA) is 39.1 Å². The van der Waals surface area contributed by atoms with E-state index in [-0.39, 0.29) is 6.04 Å². The van der Waals surface area contributed by atoms with E-state index in [1.807, 2.05) is 33.2 Å². The Morgan fingerprint density at radius 2 is 2.19 bits per heavy atom. The van der Waals surface area contributed by atoms with Gasteiger partial charge in [0.15, 0.2) is 0 Å². The van der Waals surface area contributed by atoms with Crippen LogP contribution >= 0.6 is 27.5 Å². The van der Waals surface area contributed by atoms with Crippen molar-refractivity contribution in [2.75, 3.05) is 7.05 Å². The fourth-order valence-electron chi connectivity index (χ4n) is 2.13. The Kier molecular flexibility index (Phi) is 5.30. The number of nitrogens with zero attached hydrogens (tertiary/aromatic N) is 2. The van der Waals surface area contributed by atoms with Crippen molar-refractivity contribution in [3.05, 3.63) is 44.6 Å². The maximum absolute atomic E-state index is 6.24. The number of aryl methyl sites for hydroxylation is 2. The summed E-state index contributed by atoms with van der Waals surface area (Å²) in [5.41, 5.74) is 2.91. The second kappa shape index (κ2) is 6.81. The van der Waals surface area contributed by atoms with Gasteiger partial charge in [-0.25, -0.2) is 0 Å². The molecule has 1 atom stereocenters. The minimum absolute atomic E-state index is 0.197. The van der Waals surface area contributed by atoms with E-state index in [1.54, 1.807) is 4.68 Å². The van der Waals surface area contributed by atoms with Gasteiger partial charge >= 0.3 is 0 Å². The summed E-state index contributed by atoms with van der Waals surface area (Å²) >= 11 is 9.73. The molecule has 0 amide bonds. The van der Waals surface area contributed by atoms with Crippen molar-refractivity contribution >= 4 is 27.5 Å². The van der Waals surface area contributed by atoms with E-state index in [4.69, 9.17) is 16.3 Å². The van der Waals surface area contributed by atoms with Crippen LogP contribution in [-0.4, -0.2) is 16.8 Å². The molecule has 2 aromatic rings. The van der Waals surface area contributed by atoms with Crippen LogP contribution in [-0.2, 0) is 13.7 Å². The Morgan fingerprint density at radius 3 is 2.76 bits per heavy atom. The number of aromatic nitrogens is 2. The lowest BCUT2D eigenvalue weighted by Crippen LogP contribution is -2.14. The molecule has 0 aliphatic rings. The number of hydrogen-bond donors (Lipinski definition) is 1. The Morgan fingerprint density at radius 1 is 1.48 bits per heavy atom. The highest BCUT2D eigenvalue weighted by Gasteiger charge is 2.15. The molecule has 1 aromatic carbocycles. The van der Waals surface area contributed by atoms with Crippen LogP contribution < -0.4 is 10.1 Å². The molecule has 0 aliphatic heterocycles. The van der Waals surface area contributed by atoms with E-state index in [0.29, 0.717) is 11.8 Å². The predicted octanol–water partition coefficient (Wildman–Crippen LogP) is 4.00. The summed E-state index contributed by atoms with van der Waals surface area (Å²) in [7, 11) is 3.75. The summed E-state index contributed by atoms with van der Waals surface area (Å²) < 4.78 is 8.67. The third-order valence-electron chi connectivity index (χ3n) is 3.51. The minimum atomic E-state index is 0.197. The van der Waals surface area contributed by atoms with Gasteiger partial charge in [0.2, 0.25) is 0 Å². The third-order valence-corrected chi connectivity index (χ3v) is 4.48. The van der Waals surface area contributed by atoms with E-state index in [0.717, 1.165) is 27.0 Å². The average molecular weight is 373 g/mol. The molecule has 0 saturated carbocycles. The lowest BCUT2D eigenvalue weighted by atomic mass is 10.1. The largest absolute Gasteiger partial charge is 0.488 e. The molecule has 0 aliphatic carbocycles. The van der Waals surface area contributed by atoms with E-state index in [1.165, 1.54) is 0 Å². The molecule has 4 nitrogen and oxygen atoms in total. The van der Waals surface area contributed by atoms with Crippen LogP contribution in [0.5, 0.6) is 5.75 Å². The quantitative estimate of drug-likeness (QED) is 0.862. The highest BCUT2D eigenvalue weighted by atomic mass is 79.9. The zero-order valence-corrected chi connectivity index (χ0v) is 14.9. The zero-order chi connectivity index (χ0) is 15.6. The molecule has 0 spiro atoms. The highest BCUT2D eigenvalue weighted by Crippen LogP contribution is 2.30. The molecule has 0 saturated heterocycles. The minimum Gasteiger partial charge on any atom is -0.488 e. The number of ether oxygens (including phenoxy) is 1. The number of halogens is 2. The SMILES string of the molecule is CNC(C)c1cc(Br)ccc1OCc1c(C)nn(C)c1Cl. The van der Waals surface area contributed by atoms with Gasteiger partial charge in [0.25, 0.3) is 0 Å². The fraction of sp³-hybridized carbons (Fsp3) is 0.400. The first-order chi connectivity index (χ1) is 9.93. The Bertz CT molecular complexity index is 642. The van der Waals surface area contributed by atoms with E-state index < -0.39 is 0 Å². The van der Waals surface area contributed by atoms with Crippen LogP contribution in [0.1, 0.15) is 29.8 Å². The maximum atomic E-state index is 6.24. The van der Waals surface area contributed by atoms with Crippen molar-refractivity contribution in [3.63, 3.8) is 0 Å². The van der Waals surface area contributed by atoms with Crippen molar-refractivity contribution in [1.82, 2.24) is 15.1 Å². The van der Waals surface area contributed by atoms with Crippen LogP contribution in [0.3, 0.4) is 0 Å². The second-order valence-electron chi connectivity index (χ2n) is 4.96. The Labute approximate surface area is 138 Å². The Hall–Kier alpha value is -1.04. The van der Waals surface area contributed by atoms with Crippen molar-refractivity contribution < 1.29 is 4.74 Å². The molecule has 114 valence electrons. The molecule has 1 N–H and O–H groups in total. The number of rotatable bonds is 5. The fourth-order valence-corrected chi connectivity index (χ4v) is 2.74. The molecule has 1 aromatic heterocycles. The van der Waals surface area contributed by atoms with Gasteiger partial charge < -0.3 is 10.1 Å². The average Bonchev–Trinajstić information content (AvgIpc) is 2.70. The van der Waals surface area contributed by atoms with Gasteiger partial charge in [0.05, 0.1) is 5.69 Å². The number of hydrogen-bond acceptors (Lipinski definition) is 3. The van der Waals surface area contributed by atoms with Crippen molar-refractivity contribution in [2.24, 2.45) is 7.05 Å². The highest BCUT2D eigenvalue weighted by molar-refractivity contribution is 9.10. The van der Waals surface area contributed by atoms with Gasteiger partial charge in [-0.2, -0.15) is 5.10 Å². The van der Waals surface area contributed by atoms with Gasteiger partial charge in [-0.15, -0.1) is 0 Å². The molecular formula is C15H19BrClN3O. The molecule has 0 bridgehead atoms. The Balaban J connectivity index is 2.24. The third kappa shape index (κ3) is 3.59. The summed E-state index contributed by atoms with van der Waals surface area (Å²) in [6.07, 6.45) is 0. The van der Waals surface area contributed by atoms with E-state index in [9.17, 15) is 0 Å². The second-order valence-corrected chi connectivity index (χ2v) is 6.23. The summed E-state index contributed by atoms with van der Waals surface area (Å²) in [6, 6.07) is 6.20. The number of benzene rings is 1. The zero-order valence-electron chi connectivity index (χ0n) is 12.6.